The van der Waals surface area contributed by atoms with Gasteiger partial charge in [0, 0.05) is 18.7 Å². The van der Waals surface area contributed by atoms with Gasteiger partial charge in [0.2, 0.25) is 0 Å². The topological polar surface area (TPSA) is 57.6 Å². The Morgan fingerprint density at radius 3 is 2.35 bits per heavy atom. The Labute approximate surface area is 120 Å². The number of unbranched alkanes of at least 4 members (excludes halogenated alkanes) is 2. The number of carboxylic acids is 1. The van der Waals surface area contributed by atoms with Gasteiger partial charge in [-0.3, -0.25) is 4.79 Å². The molecule has 0 saturated carbocycles. The minimum atomic E-state index is -1.01. The third kappa shape index (κ3) is 4.68. The number of hydrogen-bond acceptors (Lipinski definition) is 2. The zero-order valence-electron chi connectivity index (χ0n) is 12.3. The molecule has 110 valence electrons. The number of rotatable bonds is 8. The average Bonchev–Trinajstić information content (AvgIpc) is 2.46. The lowest BCUT2D eigenvalue weighted by atomic mass is 10.1. The predicted octanol–water partition coefficient (Wildman–Crippen LogP) is 3.43. The normalized spacial score (nSPS) is 10.3. The molecule has 1 N–H and O–H groups in total. The van der Waals surface area contributed by atoms with Gasteiger partial charge >= 0.3 is 5.97 Å². The summed E-state index contributed by atoms with van der Waals surface area (Å²) in [5, 5.41) is 8.98. The molecule has 1 rings (SSSR count). The van der Waals surface area contributed by atoms with Crippen LogP contribution in [-0.4, -0.2) is 35.0 Å². The van der Waals surface area contributed by atoms with Gasteiger partial charge in [0.05, 0.1) is 5.56 Å². The first-order valence-corrected chi connectivity index (χ1v) is 7.22. The van der Waals surface area contributed by atoms with Gasteiger partial charge in [-0.15, -0.1) is 0 Å². The molecular weight excluding hydrogens is 254 g/mol. The Morgan fingerprint density at radius 2 is 1.75 bits per heavy atom. The molecule has 0 spiro atoms. The largest absolute Gasteiger partial charge is 0.478 e. The summed E-state index contributed by atoms with van der Waals surface area (Å²) in [5.74, 6) is -1.08. The monoisotopic (exact) mass is 277 g/mol. The van der Waals surface area contributed by atoms with Crippen LogP contribution in [0.15, 0.2) is 24.3 Å². The molecule has 0 fully saturated rings. The molecular formula is C16H23NO3. The van der Waals surface area contributed by atoms with Crippen molar-refractivity contribution in [2.24, 2.45) is 0 Å². The molecule has 4 heteroatoms. The van der Waals surface area contributed by atoms with Crippen LogP contribution in [0.2, 0.25) is 0 Å². The van der Waals surface area contributed by atoms with E-state index in [-0.39, 0.29) is 11.5 Å². The average molecular weight is 277 g/mol. The van der Waals surface area contributed by atoms with Gasteiger partial charge in [-0.05, 0) is 31.0 Å². The van der Waals surface area contributed by atoms with Crippen molar-refractivity contribution in [3.8, 4) is 0 Å². The van der Waals surface area contributed by atoms with Crippen LogP contribution in [0.1, 0.15) is 60.2 Å². The number of hydrogen-bond donors (Lipinski definition) is 1. The molecule has 0 heterocycles. The van der Waals surface area contributed by atoms with Crippen molar-refractivity contribution in [2.45, 2.75) is 39.5 Å². The number of nitrogens with zero attached hydrogens (tertiary/aromatic N) is 1. The molecule has 0 aliphatic carbocycles. The van der Waals surface area contributed by atoms with E-state index >= 15 is 0 Å². The van der Waals surface area contributed by atoms with E-state index in [4.69, 9.17) is 5.11 Å². The SMILES string of the molecule is CCCCCN(CCC)C(=O)c1cccc(C(=O)O)c1. The van der Waals surface area contributed by atoms with Gasteiger partial charge in [-0.2, -0.15) is 0 Å². The molecule has 4 nitrogen and oxygen atoms in total. The smallest absolute Gasteiger partial charge is 0.335 e. The Morgan fingerprint density at radius 1 is 1.05 bits per heavy atom. The van der Waals surface area contributed by atoms with Crippen LogP contribution < -0.4 is 0 Å². The van der Waals surface area contributed by atoms with Crippen molar-refractivity contribution in [1.29, 1.82) is 0 Å². The lowest BCUT2D eigenvalue weighted by Gasteiger charge is -2.22. The van der Waals surface area contributed by atoms with Crippen molar-refractivity contribution < 1.29 is 14.7 Å². The number of carbonyl (C=O) groups excluding carboxylic acids is 1. The number of aromatic carboxylic acids is 1. The molecule has 20 heavy (non-hydrogen) atoms. The molecule has 0 saturated heterocycles. The molecule has 0 aliphatic heterocycles. The van der Waals surface area contributed by atoms with Gasteiger partial charge < -0.3 is 10.0 Å². The highest BCUT2D eigenvalue weighted by atomic mass is 16.4. The maximum Gasteiger partial charge on any atom is 0.335 e. The van der Waals surface area contributed by atoms with Gasteiger partial charge in [0.1, 0.15) is 0 Å². The summed E-state index contributed by atoms with van der Waals surface area (Å²) < 4.78 is 0. The zero-order valence-corrected chi connectivity index (χ0v) is 12.3. The highest BCUT2D eigenvalue weighted by Gasteiger charge is 2.16. The molecule has 0 radical (unpaired) electrons. The summed E-state index contributed by atoms with van der Waals surface area (Å²) in [6, 6.07) is 6.25. The van der Waals surface area contributed by atoms with E-state index in [9.17, 15) is 9.59 Å². The van der Waals surface area contributed by atoms with Gasteiger partial charge in [0.25, 0.3) is 5.91 Å². The van der Waals surface area contributed by atoms with E-state index in [0.717, 1.165) is 32.2 Å². The first kappa shape index (κ1) is 16.2. The molecule has 1 amide bonds. The minimum Gasteiger partial charge on any atom is -0.478 e. The zero-order chi connectivity index (χ0) is 15.0. The highest BCUT2D eigenvalue weighted by Crippen LogP contribution is 2.10. The predicted molar refractivity (Wildman–Crippen MR) is 79.1 cm³/mol. The molecule has 1 aromatic rings. The Bertz CT molecular complexity index is 457. The molecule has 0 bridgehead atoms. The maximum absolute atomic E-state index is 12.4. The van der Waals surface area contributed by atoms with Gasteiger partial charge in [-0.25, -0.2) is 4.79 Å². The molecule has 0 aliphatic rings. The van der Waals surface area contributed by atoms with Crippen LogP contribution in [0.4, 0.5) is 0 Å². The summed E-state index contributed by atoms with van der Waals surface area (Å²) >= 11 is 0. The first-order valence-electron chi connectivity index (χ1n) is 7.22. The van der Waals surface area contributed by atoms with Crippen LogP contribution in [-0.2, 0) is 0 Å². The third-order valence-electron chi connectivity index (χ3n) is 3.17. The van der Waals surface area contributed by atoms with Crippen molar-refractivity contribution in [3.05, 3.63) is 35.4 Å². The summed E-state index contributed by atoms with van der Waals surface area (Å²) in [7, 11) is 0. The fourth-order valence-electron chi connectivity index (χ4n) is 2.11. The summed E-state index contributed by atoms with van der Waals surface area (Å²) in [6.07, 6.45) is 4.10. The molecule has 1 aromatic carbocycles. The van der Waals surface area contributed by atoms with Crippen LogP contribution in [0.5, 0.6) is 0 Å². The number of carboxylic acid groups (broad SMARTS) is 1. The maximum atomic E-state index is 12.4. The Hall–Kier alpha value is -1.84. The van der Waals surface area contributed by atoms with Crippen LogP contribution in [0.25, 0.3) is 0 Å². The van der Waals surface area contributed by atoms with Crippen LogP contribution >= 0.6 is 0 Å². The lowest BCUT2D eigenvalue weighted by Crippen LogP contribution is -2.32. The number of carbonyl (C=O) groups is 2. The summed E-state index contributed by atoms with van der Waals surface area (Å²) in [6.45, 7) is 5.60. The second-order valence-corrected chi connectivity index (χ2v) is 4.89. The van der Waals surface area contributed by atoms with E-state index in [2.05, 4.69) is 6.92 Å². The molecule has 0 aromatic heterocycles. The summed E-state index contributed by atoms with van der Waals surface area (Å²) in [4.78, 5) is 25.2. The van der Waals surface area contributed by atoms with E-state index in [0.29, 0.717) is 12.1 Å². The summed E-state index contributed by atoms with van der Waals surface area (Å²) in [5.41, 5.74) is 0.607. The fraction of sp³-hybridized carbons (Fsp3) is 0.500. The van der Waals surface area contributed by atoms with Crippen molar-refractivity contribution >= 4 is 11.9 Å². The quantitative estimate of drug-likeness (QED) is 0.741. The Kier molecular flexibility index (Phi) is 6.77. The fourth-order valence-corrected chi connectivity index (χ4v) is 2.11. The first-order chi connectivity index (χ1) is 9.60. The highest BCUT2D eigenvalue weighted by molar-refractivity contribution is 5.97. The van der Waals surface area contributed by atoms with Gasteiger partial charge in [0.15, 0.2) is 0 Å². The van der Waals surface area contributed by atoms with Crippen molar-refractivity contribution in [1.82, 2.24) is 4.90 Å². The number of benzene rings is 1. The number of amides is 1. The van der Waals surface area contributed by atoms with E-state index in [1.165, 1.54) is 12.1 Å². The van der Waals surface area contributed by atoms with Crippen molar-refractivity contribution in [3.63, 3.8) is 0 Å². The van der Waals surface area contributed by atoms with Crippen LogP contribution in [0, 0.1) is 0 Å². The Balaban J connectivity index is 2.82. The molecule has 0 atom stereocenters. The second kappa shape index (κ2) is 8.35. The lowest BCUT2D eigenvalue weighted by molar-refractivity contribution is 0.0697. The van der Waals surface area contributed by atoms with Gasteiger partial charge in [-0.1, -0.05) is 32.8 Å². The third-order valence-corrected chi connectivity index (χ3v) is 3.17. The molecule has 0 unspecified atom stereocenters. The standard InChI is InChI=1S/C16H23NO3/c1-3-5-6-11-17(10-4-2)15(18)13-8-7-9-14(12-13)16(19)20/h7-9,12H,3-6,10-11H2,1-2H3,(H,19,20). The van der Waals surface area contributed by atoms with E-state index in [1.54, 1.807) is 12.1 Å². The second-order valence-electron chi connectivity index (χ2n) is 4.89. The van der Waals surface area contributed by atoms with E-state index < -0.39 is 5.97 Å². The van der Waals surface area contributed by atoms with Crippen molar-refractivity contribution in [2.75, 3.05) is 13.1 Å². The van der Waals surface area contributed by atoms with Crippen LogP contribution in [0.3, 0.4) is 0 Å². The minimum absolute atomic E-state index is 0.0777. The van der Waals surface area contributed by atoms with E-state index in [1.807, 2.05) is 11.8 Å².